The highest BCUT2D eigenvalue weighted by atomic mass is 35.5. The minimum atomic E-state index is -0.340. The van der Waals surface area contributed by atoms with E-state index in [4.69, 9.17) is 22.1 Å². The molecule has 1 fully saturated rings. The summed E-state index contributed by atoms with van der Waals surface area (Å²) in [5.74, 6) is 0.00882. The van der Waals surface area contributed by atoms with Gasteiger partial charge in [-0.1, -0.05) is 11.6 Å². The van der Waals surface area contributed by atoms with Crippen LogP contribution >= 0.6 is 11.6 Å². The van der Waals surface area contributed by atoms with E-state index in [1.54, 1.807) is 30.2 Å². The Kier molecular flexibility index (Phi) is 5.07. The number of piperidine rings is 1. The van der Waals surface area contributed by atoms with Crippen molar-refractivity contribution >= 4 is 23.4 Å². The molecule has 0 saturated carbocycles. The molecule has 1 heterocycles. The van der Waals surface area contributed by atoms with E-state index in [1.807, 2.05) is 0 Å². The van der Waals surface area contributed by atoms with Crippen LogP contribution in [0.1, 0.15) is 18.4 Å². The van der Waals surface area contributed by atoms with Crippen molar-refractivity contribution in [3.8, 4) is 5.75 Å². The lowest BCUT2D eigenvalue weighted by molar-refractivity contribution is -0.134. The Balaban J connectivity index is 2.07. The fraction of sp³-hybridized carbons (Fsp3) is 0.467. The van der Waals surface area contributed by atoms with Gasteiger partial charge >= 0.3 is 0 Å². The van der Waals surface area contributed by atoms with Gasteiger partial charge in [0.1, 0.15) is 5.75 Å². The van der Waals surface area contributed by atoms with Gasteiger partial charge in [-0.15, -0.1) is 0 Å². The summed E-state index contributed by atoms with van der Waals surface area (Å²) >= 11 is 5.97. The average Bonchev–Trinajstić information content (AvgIpc) is 2.47. The largest absolute Gasteiger partial charge is 0.496 e. The minimum Gasteiger partial charge on any atom is -0.496 e. The number of carbonyl (C=O) groups excluding carboxylic acids is 2. The maximum atomic E-state index is 12.4. The summed E-state index contributed by atoms with van der Waals surface area (Å²) in [5.41, 5.74) is 6.08. The topological polar surface area (TPSA) is 72.6 Å². The van der Waals surface area contributed by atoms with Gasteiger partial charge in [-0.2, -0.15) is 0 Å². The van der Waals surface area contributed by atoms with Gasteiger partial charge in [0, 0.05) is 23.7 Å². The van der Waals surface area contributed by atoms with Crippen molar-refractivity contribution in [2.75, 3.05) is 20.2 Å². The SMILES string of the molecule is COc1ccc(Cl)cc1CC(=O)N1CCC[C@H](C(N)=O)C1. The van der Waals surface area contributed by atoms with Crippen molar-refractivity contribution in [1.82, 2.24) is 4.90 Å². The van der Waals surface area contributed by atoms with Crippen molar-refractivity contribution in [1.29, 1.82) is 0 Å². The second kappa shape index (κ2) is 6.80. The summed E-state index contributed by atoms with van der Waals surface area (Å²) in [6.07, 6.45) is 1.75. The molecule has 0 spiro atoms. The standard InChI is InChI=1S/C15H19ClN2O3/c1-21-13-5-4-12(16)7-11(13)8-14(19)18-6-2-3-10(9-18)15(17)20/h4-5,7,10H,2-3,6,8-9H2,1H3,(H2,17,20)/t10-/m0/s1. The smallest absolute Gasteiger partial charge is 0.227 e. The number of benzene rings is 1. The van der Waals surface area contributed by atoms with Crippen molar-refractivity contribution in [3.63, 3.8) is 0 Å². The number of rotatable bonds is 4. The van der Waals surface area contributed by atoms with Gasteiger partial charge in [0.25, 0.3) is 0 Å². The summed E-state index contributed by atoms with van der Waals surface area (Å²) in [5, 5.41) is 0.562. The lowest BCUT2D eigenvalue weighted by atomic mass is 9.97. The third-order valence-corrected chi connectivity index (χ3v) is 4.00. The normalized spacial score (nSPS) is 18.4. The van der Waals surface area contributed by atoms with Crippen LogP contribution in [-0.2, 0) is 16.0 Å². The molecule has 1 atom stereocenters. The zero-order valence-corrected chi connectivity index (χ0v) is 12.7. The molecule has 0 aliphatic carbocycles. The number of carbonyl (C=O) groups is 2. The molecule has 2 rings (SSSR count). The molecule has 1 saturated heterocycles. The van der Waals surface area contributed by atoms with Crippen molar-refractivity contribution in [3.05, 3.63) is 28.8 Å². The number of methoxy groups -OCH3 is 1. The first-order valence-electron chi connectivity index (χ1n) is 6.90. The summed E-state index contributed by atoms with van der Waals surface area (Å²) < 4.78 is 5.24. The molecule has 2 amide bonds. The molecule has 0 radical (unpaired) electrons. The van der Waals surface area contributed by atoms with E-state index in [0.717, 1.165) is 18.4 Å². The fourth-order valence-electron chi connectivity index (χ4n) is 2.60. The van der Waals surface area contributed by atoms with Gasteiger partial charge in [0.2, 0.25) is 11.8 Å². The van der Waals surface area contributed by atoms with Crippen LogP contribution in [0.3, 0.4) is 0 Å². The maximum absolute atomic E-state index is 12.4. The van der Waals surface area contributed by atoms with E-state index >= 15 is 0 Å². The molecule has 0 unspecified atom stereocenters. The van der Waals surface area contributed by atoms with E-state index in [2.05, 4.69) is 0 Å². The third-order valence-electron chi connectivity index (χ3n) is 3.76. The summed E-state index contributed by atoms with van der Waals surface area (Å²) in [4.78, 5) is 25.4. The Labute approximate surface area is 129 Å². The first-order chi connectivity index (χ1) is 10.0. The molecular weight excluding hydrogens is 292 g/mol. The molecule has 114 valence electrons. The van der Waals surface area contributed by atoms with Gasteiger partial charge in [-0.3, -0.25) is 9.59 Å². The Bertz CT molecular complexity index is 548. The van der Waals surface area contributed by atoms with E-state index in [1.165, 1.54) is 0 Å². The predicted octanol–water partition coefficient (Wildman–Crippen LogP) is 1.61. The van der Waals surface area contributed by atoms with Crippen molar-refractivity contribution in [2.45, 2.75) is 19.3 Å². The quantitative estimate of drug-likeness (QED) is 0.918. The van der Waals surface area contributed by atoms with Gasteiger partial charge in [-0.05, 0) is 31.0 Å². The van der Waals surface area contributed by atoms with Crippen LogP contribution in [0, 0.1) is 5.92 Å². The average molecular weight is 311 g/mol. The summed E-state index contributed by atoms with van der Waals surface area (Å²) in [7, 11) is 1.56. The molecular formula is C15H19ClN2O3. The molecule has 0 aromatic heterocycles. The van der Waals surface area contributed by atoms with Crippen LogP contribution in [0.2, 0.25) is 5.02 Å². The number of amides is 2. The molecule has 1 aliphatic rings. The van der Waals surface area contributed by atoms with E-state index in [-0.39, 0.29) is 24.2 Å². The van der Waals surface area contributed by atoms with E-state index < -0.39 is 0 Å². The first-order valence-corrected chi connectivity index (χ1v) is 7.28. The van der Waals surface area contributed by atoms with Crippen molar-refractivity contribution < 1.29 is 14.3 Å². The number of primary amides is 1. The van der Waals surface area contributed by atoms with Crippen LogP contribution in [-0.4, -0.2) is 36.9 Å². The minimum absolute atomic E-state index is 0.0403. The van der Waals surface area contributed by atoms with Gasteiger partial charge in [-0.25, -0.2) is 0 Å². The Hall–Kier alpha value is -1.75. The van der Waals surface area contributed by atoms with Crippen LogP contribution in [0.15, 0.2) is 18.2 Å². The molecule has 1 aromatic rings. The number of hydrogen-bond donors (Lipinski definition) is 1. The lowest BCUT2D eigenvalue weighted by Gasteiger charge is -2.31. The highest BCUT2D eigenvalue weighted by Crippen LogP contribution is 2.24. The maximum Gasteiger partial charge on any atom is 0.227 e. The number of ether oxygens (including phenoxy) is 1. The molecule has 0 bridgehead atoms. The number of nitrogens with two attached hydrogens (primary N) is 1. The first kappa shape index (κ1) is 15.6. The molecule has 2 N–H and O–H groups in total. The van der Waals surface area contributed by atoms with E-state index in [0.29, 0.717) is 23.9 Å². The van der Waals surface area contributed by atoms with Crippen LogP contribution < -0.4 is 10.5 Å². The molecule has 5 nitrogen and oxygen atoms in total. The van der Waals surface area contributed by atoms with Crippen molar-refractivity contribution in [2.24, 2.45) is 11.7 Å². The molecule has 21 heavy (non-hydrogen) atoms. The Morgan fingerprint density at radius 2 is 2.24 bits per heavy atom. The van der Waals surface area contributed by atoms with Crippen LogP contribution in [0.25, 0.3) is 0 Å². The molecule has 6 heteroatoms. The highest BCUT2D eigenvalue weighted by Gasteiger charge is 2.27. The Morgan fingerprint density at radius 1 is 1.48 bits per heavy atom. The Morgan fingerprint density at radius 3 is 2.90 bits per heavy atom. The van der Waals surface area contributed by atoms with Crippen LogP contribution in [0.4, 0.5) is 0 Å². The second-order valence-electron chi connectivity index (χ2n) is 5.21. The number of hydrogen-bond acceptors (Lipinski definition) is 3. The third kappa shape index (κ3) is 3.88. The van der Waals surface area contributed by atoms with Gasteiger partial charge in [0.15, 0.2) is 0 Å². The molecule has 1 aliphatic heterocycles. The highest BCUT2D eigenvalue weighted by molar-refractivity contribution is 6.30. The zero-order valence-electron chi connectivity index (χ0n) is 12.0. The van der Waals surface area contributed by atoms with Gasteiger partial charge < -0.3 is 15.4 Å². The van der Waals surface area contributed by atoms with Gasteiger partial charge in [0.05, 0.1) is 19.4 Å². The zero-order chi connectivity index (χ0) is 15.4. The predicted molar refractivity (Wildman–Crippen MR) is 80.2 cm³/mol. The summed E-state index contributed by atoms with van der Waals surface area (Å²) in [6, 6.07) is 5.19. The molecule has 1 aromatic carbocycles. The number of likely N-dealkylation sites (tertiary alicyclic amines) is 1. The number of nitrogens with zero attached hydrogens (tertiary/aromatic N) is 1. The number of halogens is 1. The lowest BCUT2D eigenvalue weighted by Crippen LogP contribution is -2.44. The van der Waals surface area contributed by atoms with E-state index in [9.17, 15) is 9.59 Å². The van der Waals surface area contributed by atoms with Crippen LogP contribution in [0.5, 0.6) is 5.75 Å². The monoisotopic (exact) mass is 310 g/mol. The fourth-order valence-corrected chi connectivity index (χ4v) is 2.79. The second-order valence-corrected chi connectivity index (χ2v) is 5.65. The summed E-state index contributed by atoms with van der Waals surface area (Å²) in [6.45, 7) is 1.06.